The van der Waals surface area contributed by atoms with Crippen LogP contribution < -0.4 is 0 Å². The van der Waals surface area contributed by atoms with Gasteiger partial charge in [0.15, 0.2) is 0 Å². The summed E-state index contributed by atoms with van der Waals surface area (Å²) in [7, 11) is 0. The molecule has 0 bridgehead atoms. The van der Waals surface area contributed by atoms with E-state index in [1.54, 1.807) is 12.4 Å². The van der Waals surface area contributed by atoms with Gasteiger partial charge in [-0.3, -0.25) is 9.97 Å². The van der Waals surface area contributed by atoms with Gasteiger partial charge in [-0.1, -0.05) is 84.9 Å². The molecule has 10 aromatic rings. The number of aromatic nitrogens is 4. The standard InChI is InChI=1S/C43H26N4S/c1-2-12-31-30(11-1)40-32-13-3-5-17-38(32)47(42(40)43-41(31)33-14-4-6-18-39(33)48-43)29-21-19-27(20-22-29)28-25-36(34-15-7-9-23-44-34)46-37(26-28)35-16-8-10-24-45-35/h1-26H. The molecule has 0 fully saturated rings. The van der Waals surface area contributed by atoms with E-state index in [0.29, 0.717) is 0 Å². The van der Waals surface area contributed by atoms with Gasteiger partial charge in [-0.15, -0.1) is 11.3 Å². The highest BCUT2D eigenvalue weighted by atomic mass is 32.1. The summed E-state index contributed by atoms with van der Waals surface area (Å²) in [6, 6.07) is 51.5. The molecular weight excluding hydrogens is 605 g/mol. The monoisotopic (exact) mass is 630 g/mol. The summed E-state index contributed by atoms with van der Waals surface area (Å²) in [5.74, 6) is 0. The van der Waals surface area contributed by atoms with Gasteiger partial charge in [0.25, 0.3) is 0 Å². The Morgan fingerprint density at radius 3 is 1.71 bits per heavy atom. The van der Waals surface area contributed by atoms with Crippen LogP contribution in [0.15, 0.2) is 158 Å². The summed E-state index contributed by atoms with van der Waals surface area (Å²) in [6.07, 6.45) is 3.61. The molecule has 0 aliphatic rings. The summed E-state index contributed by atoms with van der Waals surface area (Å²) in [5.41, 5.74) is 9.07. The number of nitrogens with zero attached hydrogens (tertiary/aromatic N) is 4. The Morgan fingerprint density at radius 1 is 0.458 bits per heavy atom. The first-order valence-electron chi connectivity index (χ1n) is 16.0. The van der Waals surface area contributed by atoms with E-state index in [4.69, 9.17) is 4.98 Å². The van der Waals surface area contributed by atoms with Crippen molar-refractivity contribution in [3.63, 3.8) is 0 Å². The third-order valence-electron chi connectivity index (χ3n) is 9.29. The minimum Gasteiger partial charge on any atom is -0.308 e. The molecule has 0 aliphatic heterocycles. The summed E-state index contributed by atoms with van der Waals surface area (Å²) >= 11 is 1.89. The third-order valence-corrected chi connectivity index (χ3v) is 10.5. The van der Waals surface area contributed by atoms with Crippen molar-refractivity contribution in [3.05, 3.63) is 158 Å². The molecule has 0 N–H and O–H groups in total. The maximum atomic E-state index is 4.97. The molecule has 0 radical (unpaired) electrons. The minimum atomic E-state index is 0.819. The zero-order chi connectivity index (χ0) is 31.6. The second-order valence-corrected chi connectivity index (χ2v) is 13.1. The number of benzene rings is 5. The van der Waals surface area contributed by atoms with Crippen LogP contribution in [0.3, 0.4) is 0 Å². The first-order chi connectivity index (χ1) is 23.8. The van der Waals surface area contributed by atoms with Crippen molar-refractivity contribution >= 4 is 64.1 Å². The number of pyridine rings is 3. The molecule has 0 saturated heterocycles. The maximum Gasteiger partial charge on any atom is 0.0900 e. The van der Waals surface area contributed by atoms with Crippen molar-refractivity contribution in [3.8, 4) is 39.6 Å². The van der Waals surface area contributed by atoms with Crippen LogP contribution in [0.2, 0.25) is 0 Å². The summed E-state index contributed by atoms with van der Waals surface area (Å²) in [6.45, 7) is 0. The first kappa shape index (κ1) is 27.0. The molecule has 0 saturated carbocycles. The maximum absolute atomic E-state index is 4.97. The molecule has 5 aromatic heterocycles. The average Bonchev–Trinajstić information content (AvgIpc) is 3.73. The van der Waals surface area contributed by atoms with Gasteiger partial charge in [0.1, 0.15) is 0 Å². The Hall–Kier alpha value is -6.17. The number of para-hydroxylation sites is 1. The Labute approximate surface area is 280 Å². The molecule has 0 amide bonds. The number of rotatable bonds is 4. The Morgan fingerprint density at radius 2 is 1.04 bits per heavy atom. The van der Waals surface area contributed by atoms with Crippen LogP contribution in [0.25, 0.3) is 92.3 Å². The van der Waals surface area contributed by atoms with Gasteiger partial charge >= 0.3 is 0 Å². The number of thiophene rings is 1. The zero-order valence-electron chi connectivity index (χ0n) is 25.7. The van der Waals surface area contributed by atoms with Crippen molar-refractivity contribution < 1.29 is 0 Å². The molecule has 5 heteroatoms. The van der Waals surface area contributed by atoms with Crippen LogP contribution in [0, 0.1) is 0 Å². The fourth-order valence-corrected chi connectivity index (χ4v) is 8.44. The molecular formula is C43H26N4S. The molecule has 0 aliphatic carbocycles. The Balaban J connectivity index is 1.21. The topological polar surface area (TPSA) is 43.6 Å². The van der Waals surface area contributed by atoms with Gasteiger partial charge in [-0.25, -0.2) is 4.98 Å². The molecule has 0 atom stereocenters. The van der Waals surface area contributed by atoms with Crippen molar-refractivity contribution in [2.24, 2.45) is 0 Å². The van der Waals surface area contributed by atoms with Gasteiger partial charge in [-0.05, 0) is 82.6 Å². The highest BCUT2D eigenvalue weighted by Gasteiger charge is 2.21. The highest BCUT2D eigenvalue weighted by molar-refractivity contribution is 7.27. The fourth-order valence-electron chi connectivity index (χ4n) is 7.19. The lowest BCUT2D eigenvalue weighted by Crippen LogP contribution is -1.95. The SMILES string of the molecule is c1ccc(-c2cc(-c3ccc(-n4c5ccccc5c5c6ccccc6c6c7ccccc7sc6c54)cc3)cc(-c3ccccn3)n2)nc1. The normalized spacial score (nSPS) is 11.8. The summed E-state index contributed by atoms with van der Waals surface area (Å²) in [5, 5.41) is 7.81. The largest absolute Gasteiger partial charge is 0.308 e. The third kappa shape index (κ3) is 4.11. The predicted octanol–water partition coefficient (Wildman–Crippen LogP) is 11.5. The quantitative estimate of drug-likeness (QED) is 0.194. The molecule has 4 nitrogen and oxygen atoms in total. The summed E-state index contributed by atoms with van der Waals surface area (Å²) < 4.78 is 5.09. The highest BCUT2D eigenvalue weighted by Crippen LogP contribution is 2.47. The first-order valence-corrected chi connectivity index (χ1v) is 16.8. The second kappa shape index (κ2) is 10.7. The molecule has 0 unspecified atom stereocenters. The van der Waals surface area contributed by atoms with Crippen LogP contribution in [-0.4, -0.2) is 19.5 Å². The van der Waals surface area contributed by atoms with Crippen LogP contribution in [0.1, 0.15) is 0 Å². The molecule has 10 rings (SSSR count). The lowest BCUT2D eigenvalue weighted by Gasteiger charge is -2.12. The van der Waals surface area contributed by atoms with Gasteiger partial charge in [0, 0.05) is 44.3 Å². The summed E-state index contributed by atoms with van der Waals surface area (Å²) in [4.78, 5) is 14.2. The van der Waals surface area contributed by atoms with E-state index in [-0.39, 0.29) is 0 Å². The molecule has 224 valence electrons. The van der Waals surface area contributed by atoms with Gasteiger partial charge in [0.2, 0.25) is 0 Å². The van der Waals surface area contributed by atoms with E-state index in [0.717, 1.165) is 39.6 Å². The van der Waals surface area contributed by atoms with Gasteiger partial charge in [0.05, 0.1) is 38.5 Å². The van der Waals surface area contributed by atoms with Crippen molar-refractivity contribution in [1.29, 1.82) is 0 Å². The minimum absolute atomic E-state index is 0.819. The lowest BCUT2D eigenvalue weighted by atomic mass is 9.99. The van der Waals surface area contributed by atoms with E-state index >= 15 is 0 Å². The number of hydrogen-bond donors (Lipinski definition) is 0. The van der Waals surface area contributed by atoms with Gasteiger partial charge in [-0.2, -0.15) is 0 Å². The van der Waals surface area contributed by atoms with E-state index in [2.05, 4.69) is 124 Å². The van der Waals surface area contributed by atoms with Crippen molar-refractivity contribution in [2.75, 3.05) is 0 Å². The fraction of sp³-hybridized carbons (Fsp3) is 0. The van der Waals surface area contributed by atoms with Crippen LogP contribution in [-0.2, 0) is 0 Å². The van der Waals surface area contributed by atoms with E-state index in [9.17, 15) is 0 Å². The van der Waals surface area contributed by atoms with Crippen LogP contribution in [0.5, 0.6) is 0 Å². The number of fused-ring (bicyclic) bond motifs is 10. The van der Waals surface area contributed by atoms with Crippen molar-refractivity contribution in [2.45, 2.75) is 0 Å². The molecule has 5 aromatic carbocycles. The molecule has 0 spiro atoms. The van der Waals surface area contributed by atoms with E-state index in [1.165, 1.54) is 52.8 Å². The smallest absolute Gasteiger partial charge is 0.0900 e. The molecule has 5 heterocycles. The van der Waals surface area contributed by atoms with Crippen LogP contribution >= 0.6 is 11.3 Å². The van der Waals surface area contributed by atoms with Crippen molar-refractivity contribution in [1.82, 2.24) is 19.5 Å². The second-order valence-electron chi connectivity index (χ2n) is 12.0. The average molecular weight is 631 g/mol. The Bertz CT molecular complexity index is 2760. The van der Waals surface area contributed by atoms with Crippen LogP contribution in [0.4, 0.5) is 0 Å². The predicted molar refractivity (Wildman–Crippen MR) is 201 cm³/mol. The number of hydrogen-bond acceptors (Lipinski definition) is 4. The van der Waals surface area contributed by atoms with E-state index in [1.807, 2.05) is 47.7 Å². The zero-order valence-corrected chi connectivity index (χ0v) is 26.5. The van der Waals surface area contributed by atoms with E-state index < -0.39 is 0 Å². The Kier molecular flexibility index (Phi) is 6.01. The van der Waals surface area contributed by atoms with Gasteiger partial charge < -0.3 is 4.57 Å². The lowest BCUT2D eigenvalue weighted by molar-refractivity contribution is 1.19. The molecule has 48 heavy (non-hydrogen) atoms.